The Bertz CT molecular complexity index is 941. The molecule has 1 amide bonds. The van der Waals surface area contributed by atoms with Crippen LogP contribution < -0.4 is 4.74 Å². The SMILES string of the molecule is COc1ccccc1-c1csc(C2CCN(C(=O)c3ncoc3C)CC2)n1. The number of ether oxygens (including phenoxy) is 1. The minimum Gasteiger partial charge on any atom is -0.496 e. The van der Waals surface area contributed by atoms with Gasteiger partial charge in [0, 0.05) is 30.0 Å². The molecule has 1 aliphatic rings. The molecule has 1 aliphatic heterocycles. The third kappa shape index (κ3) is 3.47. The summed E-state index contributed by atoms with van der Waals surface area (Å²) < 4.78 is 10.6. The molecule has 0 aliphatic carbocycles. The van der Waals surface area contributed by atoms with Gasteiger partial charge in [-0.1, -0.05) is 12.1 Å². The number of aryl methyl sites for hydroxylation is 1. The zero-order chi connectivity index (χ0) is 18.8. The van der Waals surface area contributed by atoms with Crippen LogP contribution in [0.3, 0.4) is 0 Å². The second-order valence-electron chi connectivity index (χ2n) is 6.59. The van der Waals surface area contributed by atoms with Crippen molar-refractivity contribution in [2.45, 2.75) is 25.7 Å². The van der Waals surface area contributed by atoms with Gasteiger partial charge in [-0.2, -0.15) is 0 Å². The van der Waals surface area contributed by atoms with Crippen LogP contribution in [0, 0.1) is 6.92 Å². The van der Waals surface area contributed by atoms with E-state index in [4.69, 9.17) is 14.1 Å². The Kier molecular flexibility index (Phi) is 4.94. The first-order valence-electron chi connectivity index (χ1n) is 8.95. The number of rotatable bonds is 4. The summed E-state index contributed by atoms with van der Waals surface area (Å²) in [6.07, 6.45) is 3.13. The van der Waals surface area contributed by atoms with Crippen LogP contribution in [0.1, 0.15) is 40.0 Å². The lowest BCUT2D eigenvalue weighted by atomic mass is 9.97. The highest BCUT2D eigenvalue weighted by atomic mass is 32.1. The number of nitrogens with zero attached hydrogens (tertiary/aromatic N) is 3. The van der Waals surface area contributed by atoms with Gasteiger partial charge in [0.15, 0.2) is 12.1 Å². The van der Waals surface area contributed by atoms with Crippen molar-refractivity contribution in [1.29, 1.82) is 0 Å². The molecule has 0 bridgehead atoms. The van der Waals surface area contributed by atoms with E-state index in [-0.39, 0.29) is 5.91 Å². The molecule has 0 spiro atoms. The van der Waals surface area contributed by atoms with Crippen molar-refractivity contribution >= 4 is 17.2 Å². The Labute approximate surface area is 161 Å². The molecule has 140 valence electrons. The third-order valence-corrected chi connectivity index (χ3v) is 5.99. The maximum atomic E-state index is 12.6. The standard InChI is InChI=1S/C20H21N3O3S/c1-13-18(21-12-26-13)20(24)23-9-7-14(8-10-23)19-22-16(11-27-19)15-5-3-4-6-17(15)25-2/h3-6,11-12,14H,7-10H2,1-2H3. The van der Waals surface area contributed by atoms with Crippen molar-refractivity contribution in [2.24, 2.45) is 0 Å². The quantitative estimate of drug-likeness (QED) is 0.677. The Balaban J connectivity index is 1.44. The predicted octanol–water partition coefficient (Wildman–Crippen LogP) is 4.13. The van der Waals surface area contributed by atoms with Crippen molar-refractivity contribution in [3.8, 4) is 17.0 Å². The summed E-state index contributed by atoms with van der Waals surface area (Å²) in [5.74, 6) is 1.73. The molecule has 3 heterocycles. The average molecular weight is 383 g/mol. The number of likely N-dealkylation sites (tertiary alicyclic amines) is 1. The van der Waals surface area contributed by atoms with E-state index in [9.17, 15) is 4.79 Å². The van der Waals surface area contributed by atoms with Crippen LogP contribution >= 0.6 is 11.3 Å². The molecule has 4 rings (SSSR count). The summed E-state index contributed by atoms with van der Waals surface area (Å²) in [5.41, 5.74) is 2.38. The first-order chi connectivity index (χ1) is 13.2. The summed E-state index contributed by atoms with van der Waals surface area (Å²) in [5, 5.41) is 3.21. The van der Waals surface area contributed by atoms with E-state index in [1.165, 1.54) is 6.39 Å². The maximum Gasteiger partial charge on any atom is 0.276 e. The van der Waals surface area contributed by atoms with Gasteiger partial charge in [-0.3, -0.25) is 4.79 Å². The number of amides is 1. The predicted molar refractivity (Wildman–Crippen MR) is 103 cm³/mol. The number of carbonyl (C=O) groups excluding carboxylic acids is 1. The number of methoxy groups -OCH3 is 1. The fourth-order valence-electron chi connectivity index (χ4n) is 3.45. The number of aromatic nitrogens is 2. The molecular weight excluding hydrogens is 362 g/mol. The van der Waals surface area contributed by atoms with Crippen molar-refractivity contribution < 1.29 is 13.9 Å². The molecule has 2 aromatic heterocycles. The number of oxazole rings is 1. The number of para-hydroxylation sites is 1. The van der Waals surface area contributed by atoms with Gasteiger partial charge in [-0.15, -0.1) is 11.3 Å². The molecule has 27 heavy (non-hydrogen) atoms. The largest absolute Gasteiger partial charge is 0.496 e. The highest BCUT2D eigenvalue weighted by Gasteiger charge is 2.28. The average Bonchev–Trinajstić information content (AvgIpc) is 3.37. The lowest BCUT2D eigenvalue weighted by Gasteiger charge is -2.30. The molecule has 1 fully saturated rings. The van der Waals surface area contributed by atoms with E-state index in [2.05, 4.69) is 10.4 Å². The Morgan fingerprint density at radius 3 is 2.78 bits per heavy atom. The summed E-state index contributed by atoms with van der Waals surface area (Å²) in [6.45, 7) is 3.18. The highest BCUT2D eigenvalue weighted by Crippen LogP contribution is 2.35. The van der Waals surface area contributed by atoms with Gasteiger partial charge in [0.2, 0.25) is 0 Å². The van der Waals surface area contributed by atoms with Gasteiger partial charge in [-0.25, -0.2) is 9.97 Å². The molecule has 0 atom stereocenters. The van der Waals surface area contributed by atoms with Crippen LogP contribution in [-0.4, -0.2) is 41.0 Å². The smallest absolute Gasteiger partial charge is 0.276 e. The number of thiazole rings is 1. The highest BCUT2D eigenvalue weighted by molar-refractivity contribution is 7.10. The van der Waals surface area contributed by atoms with Crippen molar-refractivity contribution in [2.75, 3.05) is 20.2 Å². The molecule has 1 aromatic carbocycles. The zero-order valence-corrected chi connectivity index (χ0v) is 16.2. The minimum absolute atomic E-state index is 0.0476. The van der Waals surface area contributed by atoms with Gasteiger partial charge < -0.3 is 14.1 Å². The number of hydrogen-bond donors (Lipinski definition) is 0. The van der Waals surface area contributed by atoms with E-state index >= 15 is 0 Å². The summed E-state index contributed by atoms with van der Waals surface area (Å²) >= 11 is 1.68. The number of carbonyl (C=O) groups is 1. The lowest BCUT2D eigenvalue weighted by molar-refractivity contribution is 0.0706. The molecular formula is C20H21N3O3S. The third-order valence-electron chi connectivity index (χ3n) is 4.98. The maximum absolute atomic E-state index is 12.6. The fraction of sp³-hybridized carbons (Fsp3) is 0.350. The first-order valence-corrected chi connectivity index (χ1v) is 9.83. The van der Waals surface area contributed by atoms with Crippen LogP contribution in [-0.2, 0) is 0 Å². The number of piperidine rings is 1. The minimum atomic E-state index is -0.0476. The number of hydrogen-bond acceptors (Lipinski definition) is 6. The Morgan fingerprint density at radius 1 is 1.30 bits per heavy atom. The van der Waals surface area contributed by atoms with Gasteiger partial charge >= 0.3 is 0 Å². The number of benzene rings is 1. The Morgan fingerprint density at radius 2 is 2.07 bits per heavy atom. The van der Waals surface area contributed by atoms with Crippen LogP contribution in [0.2, 0.25) is 0 Å². The summed E-state index contributed by atoms with van der Waals surface area (Å²) in [4.78, 5) is 23.3. The van der Waals surface area contributed by atoms with Gasteiger partial charge in [-0.05, 0) is 31.9 Å². The molecule has 0 radical (unpaired) electrons. The van der Waals surface area contributed by atoms with Crippen molar-refractivity contribution in [3.63, 3.8) is 0 Å². The van der Waals surface area contributed by atoms with E-state index in [0.29, 0.717) is 30.5 Å². The topological polar surface area (TPSA) is 68.5 Å². The molecule has 0 saturated carbocycles. The summed E-state index contributed by atoms with van der Waals surface area (Å²) in [6, 6.07) is 7.93. The van der Waals surface area contributed by atoms with Crippen LogP contribution in [0.25, 0.3) is 11.3 Å². The van der Waals surface area contributed by atoms with Gasteiger partial charge in [0.05, 0.1) is 17.8 Å². The fourth-order valence-corrected chi connectivity index (χ4v) is 4.44. The van der Waals surface area contributed by atoms with Crippen LogP contribution in [0.5, 0.6) is 5.75 Å². The lowest BCUT2D eigenvalue weighted by Crippen LogP contribution is -2.38. The molecule has 3 aromatic rings. The summed E-state index contributed by atoms with van der Waals surface area (Å²) in [7, 11) is 1.68. The van der Waals surface area contributed by atoms with E-state index in [1.807, 2.05) is 29.2 Å². The second-order valence-corrected chi connectivity index (χ2v) is 7.48. The van der Waals surface area contributed by atoms with Crippen LogP contribution in [0.15, 0.2) is 40.5 Å². The van der Waals surface area contributed by atoms with E-state index in [1.54, 1.807) is 25.4 Å². The zero-order valence-electron chi connectivity index (χ0n) is 15.3. The van der Waals surface area contributed by atoms with Crippen molar-refractivity contribution in [1.82, 2.24) is 14.9 Å². The molecule has 6 nitrogen and oxygen atoms in total. The van der Waals surface area contributed by atoms with E-state index in [0.717, 1.165) is 34.9 Å². The van der Waals surface area contributed by atoms with E-state index < -0.39 is 0 Å². The van der Waals surface area contributed by atoms with Gasteiger partial charge in [0.1, 0.15) is 11.5 Å². The molecule has 0 unspecified atom stereocenters. The van der Waals surface area contributed by atoms with Gasteiger partial charge in [0.25, 0.3) is 5.91 Å². The first kappa shape index (κ1) is 17.7. The molecule has 1 saturated heterocycles. The van der Waals surface area contributed by atoms with Crippen molar-refractivity contribution in [3.05, 3.63) is 52.5 Å². The van der Waals surface area contributed by atoms with Crippen LogP contribution in [0.4, 0.5) is 0 Å². The monoisotopic (exact) mass is 383 g/mol. The molecule has 7 heteroatoms. The Hall–Kier alpha value is -2.67. The normalized spacial score (nSPS) is 15.1. The molecule has 0 N–H and O–H groups in total. The second kappa shape index (κ2) is 7.52.